The summed E-state index contributed by atoms with van der Waals surface area (Å²) in [6, 6.07) is 7.98. The summed E-state index contributed by atoms with van der Waals surface area (Å²) in [7, 11) is 1.67. The molecule has 1 unspecified atom stereocenters. The van der Waals surface area contributed by atoms with E-state index in [-0.39, 0.29) is 6.04 Å². The number of benzene rings is 1. The maximum Gasteiger partial charge on any atom is 0.119 e. The van der Waals surface area contributed by atoms with Gasteiger partial charge in [0.15, 0.2) is 0 Å². The van der Waals surface area contributed by atoms with Gasteiger partial charge in [0.2, 0.25) is 0 Å². The summed E-state index contributed by atoms with van der Waals surface area (Å²) in [6.07, 6.45) is 0. The summed E-state index contributed by atoms with van der Waals surface area (Å²) < 4.78 is 6.30. The van der Waals surface area contributed by atoms with Gasteiger partial charge in [0.25, 0.3) is 0 Å². The lowest BCUT2D eigenvalue weighted by Crippen LogP contribution is -2.12. The summed E-state index contributed by atoms with van der Waals surface area (Å²) in [4.78, 5) is 0. The topological polar surface area (TPSA) is 35.2 Å². The number of thiophene rings is 1. The Morgan fingerprint density at radius 3 is 2.65 bits per heavy atom. The summed E-state index contributed by atoms with van der Waals surface area (Å²) in [5.74, 6) is 0.866. The second kappa shape index (κ2) is 5.21. The zero-order valence-electron chi connectivity index (χ0n) is 9.74. The molecule has 0 aliphatic carbocycles. The normalized spacial score (nSPS) is 12.5. The molecule has 0 saturated carbocycles. The molecule has 2 N–H and O–H groups in total. The van der Waals surface area contributed by atoms with Crippen molar-refractivity contribution in [1.29, 1.82) is 0 Å². The van der Waals surface area contributed by atoms with E-state index in [1.807, 2.05) is 18.2 Å². The minimum atomic E-state index is -0.0801. The lowest BCUT2D eigenvalue weighted by Gasteiger charge is -2.14. The minimum Gasteiger partial charge on any atom is -0.497 e. The van der Waals surface area contributed by atoms with Crippen LogP contribution in [0.25, 0.3) is 0 Å². The molecule has 0 spiro atoms. The first kappa shape index (κ1) is 12.6. The van der Waals surface area contributed by atoms with Crippen LogP contribution < -0.4 is 10.5 Å². The third-order valence-electron chi connectivity index (χ3n) is 2.76. The monoisotopic (exact) mass is 311 g/mol. The van der Waals surface area contributed by atoms with Crippen molar-refractivity contribution >= 4 is 27.3 Å². The predicted molar refractivity (Wildman–Crippen MR) is 75.8 cm³/mol. The molecule has 2 rings (SSSR count). The van der Waals surface area contributed by atoms with Gasteiger partial charge >= 0.3 is 0 Å². The fourth-order valence-electron chi connectivity index (χ4n) is 1.79. The van der Waals surface area contributed by atoms with Gasteiger partial charge in [0.05, 0.1) is 16.9 Å². The fourth-order valence-corrected chi connectivity index (χ4v) is 3.00. The Hall–Kier alpha value is -0.840. The largest absolute Gasteiger partial charge is 0.497 e. The van der Waals surface area contributed by atoms with Gasteiger partial charge in [-0.1, -0.05) is 6.07 Å². The third kappa shape index (κ3) is 2.70. The molecule has 1 aromatic carbocycles. The Balaban J connectivity index is 2.34. The van der Waals surface area contributed by atoms with Crippen LogP contribution in [-0.2, 0) is 0 Å². The highest BCUT2D eigenvalue weighted by Gasteiger charge is 2.13. The quantitative estimate of drug-likeness (QED) is 0.933. The van der Waals surface area contributed by atoms with Crippen molar-refractivity contribution in [2.45, 2.75) is 13.0 Å². The van der Waals surface area contributed by atoms with E-state index in [0.29, 0.717) is 0 Å². The molecule has 0 aliphatic rings. The number of methoxy groups -OCH3 is 1. The van der Waals surface area contributed by atoms with E-state index in [0.717, 1.165) is 26.2 Å². The molecule has 2 aromatic rings. The van der Waals surface area contributed by atoms with E-state index < -0.39 is 0 Å². The molecular formula is C13H14BrNOS. The van der Waals surface area contributed by atoms with E-state index >= 15 is 0 Å². The minimum absolute atomic E-state index is 0.0801. The molecule has 4 heteroatoms. The Kier molecular flexibility index (Phi) is 3.86. The second-order valence-electron chi connectivity index (χ2n) is 3.88. The Labute approximate surface area is 114 Å². The van der Waals surface area contributed by atoms with Crippen LogP contribution in [0.15, 0.2) is 33.4 Å². The first-order valence-electron chi connectivity index (χ1n) is 5.26. The number of hydrogen-bond acceptors (Lipinski definition) is 3. The van der Waals surface area contributed by atoms with Crippen molar-refractivity contribution < 1.29 is 4.74 Å². The van der Waals surface area contributed by atoms with Gasteiger partial charge in [-0.25, -0.2) is 0 Å². The number of nitrogens with two attached hydrogens (primary N) is 1. The highest BCUT2D eigenvalue weighted by Crippen LogP contribution is 2.30. The van der Waals surface area contributed by atoms with Crippen LogP contribution in [-0.4, -0.2) is 7.11 Å². The third-order valence-corrected chi connectivity index (χ3v) is 4.28. The van der Waals surface area contributed by atoms with Crippen molar-refractivity contribution in [3.05, 3.63) is 50.1 Å². The molecule has 1 aromatic heterocycles. The van der Waals surface area contributed by atoms with Crippen LogP contribution in [0.4, 0.5) is 0 Å². The average molecular weight is 312 g/mol. The summed E-state index contributed by atoms with van der Waals surface area (Å²) in [6.45, 7) is 2.05. The zero-order chi connectivity index (χ0) is 12.4. The molecule has 0 radical (unpaired) electrons. The van der Waals surface area contributed by atoms with Crippen molar-refractivity contribution in [2.24, 2.45) is 5.73 Å². The molecule has 0 bridgehead atoms. The van der Waals surface area contributed by atoms with Crippen molar-refractivity contribution in [2.75, 3.05) is 7.11 Å². The van der Waals surface area contributed by atoms with Crippen LogP contribution in [0.2, 0.25) is 0 Å². The van der Waals surface area contributed by atoms with Crippen LogP contribution in [0.1, 0.15) is 22.7 Å². The molecule has 1 heterocycles. The molecule has 17 heavy (non-hydrogen) atoms. The van der Waals surface area contributed by atoms with Gasteiger partial charge < -0.3 is 10.5 Å². The fraction of sp³-hybridized carbons (Fsp3) is 0.231. The number of hydrogen-bond donors (Lipinski definition) is 1. The van der Waals surface area contributed by atoms with Crippen molar-refractivity contribution in [1.82, 2.24) is 0 Å². The van der Waals surface area contributed by atoms with Crippen LogP contribution in [0, 0.1) is 6.92 Å². The molecule has 0 aliphatic heterocycles. The SMILES string of the molecule is COc1ccc(C(N)c2csc(Br)c2)c(C)c1. The van der Waals surface area contributed by atoms with E-state index in [4.69, 9.17) is 10.5 Å². The Bertz CT molecular complexity index is 524. The highest BCUT2D eigenvalue weighted by molar-refractivity contribution is 9.11. The van der Waals surface area contributed by atoms with Crippen LogP contribution >= 0.6 is 27.3 Å². The number of aryl methyl sites for hydroxylation is 1. The molecule has 0 amide bonds. The van der Waals surface area contributed by atoms with Gasteiger partial charge in [-0.15, -0.1) is 11.3 Å². The zero-order valence-corrected chi connectivity index (χ0v) is 12.1. The van der Waals surface area contributed by atoms with Gasteiger partial charge in [-0.3, -0.25) is 0 Å². The number of ether oxygens (including phenoxy) is 1. The van der Waals surface area contributed by atoms with E-state index in [1.54, 1.807) is 18.4 Å². The lowest BCUT2D eigenvalue weighted by molar-refractivity contribution is 0.414. The lowest BCUT2D eigenvalue weighted by atomic mass is 9.97. The van der Waals surface area contributed by atoms with E-state index in [2.05, 4.69) is 34.3 Å². The van der Waals surface area contributed by atoms with Gasteiger partial charge in [-0.2, -0.15) is 0 Å². The van der Waals surface area contributed by atoms with Crippen molar-refractivity contribution in [3.63, 3.8) is 0 Å². The van der Waals surface area contributed by atoms with E-state index in [1.165, 1.54) is 0 Å². The molecular weight excluding hydrogens is 298 g/mol. The van der Waals surface area contributed by atoms with E-state index in [9.17, 15) is 0 Å². The maximum absolute atomic E-state index is 6.27. The summed E-state index contributed by atoms with van der Waals surface area (Å²) >= 11 is 5.11. The maximum atomic E-state index is 6.27. The van der Waals surface area contributed by atoms with Crippen LogP contribution in [0.5, 0.6) is 5.75 Å². The summed E-state index contributed by atoms with van der Waals surface area (Å²) in [5, 5.41) is 2.08. The summed E-state index contributed by atoms with van der Waals surface area (Å²) in [5.41, 5.74) is 9.69. The molecule has 1 atom stereocenters. The first-order chi connectivity index (χ1) is 8.11. The van der Waals surface area contributed by atoms with Gasteiger partial charge in [-0.05, 0) is 63.1 Å². The number of halogens is 1. The Morgan fingerprint density at radius 2 is 2.12 bits per heavy atom. The highest BCUT2D eigenvalue weighted by atomic mass is 79.9. The molecule has 0 fully saturated rings. The molecule has 90 valence electrons. The molecule has 0 saturated heterocycles. The van der Waals surface area contributed by atoms with Crippen molar-refractivity contribution in [3.8, 4) is 5.75 Å². The predicted octanol–water partition coefficient (Wildman–Crippen LogP) is 3.88. The molecule has 2 nitrogen and oxygen atoms in total. The van der Waals surface area contributed by atoms with Gasteiger partial charge in [0.1, 0.15) is 5.75 Å². The first-order valence-corrected chi connectivity index (χ1v) is 6.93. The second-order valence-corrected chi connectivity index (χ2v) is 6.17. The van der Waals surface area contributed by atoms with Crippen LogP contribution in [0.3, 0.4) is 0 Å². The average Bonchev–Trinajstić information content (AvgIpc) is 2.75. The Morgan fingerprint density at radius 1 is 1.35 bits per heavy atom. The standard InChI is InChI=1S/C13H14BrNOS/c1-8-5-10(16-2)3-4-11(8)13(15)9-6-12(14)17-7-9/h3-7,13H,15H2,1-2H3. The smallest absolute Gasteiger partial charge is 0.119 e. The van der Waals surface area contributed by atoms with Gasteiger partial charge in [0, 0.05) is 0 Å². The number of rotatable bonds is 3.